The molecule has 0 aliphatic rings. The zero-order valence-electron chi connectivity index (χ0n) is 12.8. The third-order valence-corrected chi connectivity index (χ3v) is 4.50. The maximum atomic E-state index is 12.3. The molecule has 20 heavy (non-hydrogen) atoms. The molecule has 0 aliphatic carbocycles. The van der Waals surface area contributed by atoms with Crippen LogP contribution < -0.4 is 10.5 Å². The maximum absolute atomic E-state index is 12.3. The van der Waals surface area contributed by atoms with Gasteiger partial charge < -0.3 is 15.2 Å². The van der Waals surface area contributed by atoms with Crippen LogP contribution in [0.1, 0.15) is 26.0 Å². The first-order valence-electron chi connectivity index (χ1n) is 6.86. The number of aryl methyl sites for hydroxylation is 1. The minimum absolute atomic E-state index is 0.147. The molecule has 0 bridgehead atoms. The van der Waals surface area contributed by atoms with Gasteiger partial charge in [-0.2, -0.15) is 0 Å². The van der Waals surface area contributed by atoms with Crippen molar-refractivity contribution in [2.75, 3.05) is 20.6 Å². The van der Waals surface area contributed by atoms with Crippen molar-refractivity contribution >= 4 is 10.0 Å². The van der Waals surface area contributed by atoms with Gasteiger partial charge in [-0.3, -0.25) is 0 Å². The third kappa shape index (κ3) is 4.59. The monoisotopic (exact) mass is 302 g/mol. The van der Waals surface area contributed by atoms with E-state index in [1.54, 1.807) is 12.3 Å². The van der Waals surface area contributed by atoms with Crippen molar-refractivity contribution in [3.05, 3.63) is 18.0 Å². The van der Waals surface area contributed by atoms with E-state index in [1.807, 2.05) is 37.4 Å². The molecular formula is C13H26N4O2S. The predicted octanol–water partition coefficient (Wildman–Crippen LogP) is 0.585. The fraction of sp³-hybridized carbons (Fsp3) is 0.692. The van der Waals surface area contributed by atoms with Crippen molar-refractivity contribution in [3.63, 3.8) is 0 Å². The fourth-order valence-corrected chi connectivity index (χ4v) is 3.51. The summed E-state index contributed by atoms with van der Waals surface area (Å²) < 4.78 is 29.2. The Morgan fingerprint density at radius 1 is 1.45 bits per heavy atom. The lowest BCUT2D eigenvalue weighted by atomic mass is 10.3. The van der Waals surface area contributed by atoms with Gasteiger partial charge in [0.2, 0.25) is 10.0 Å². The van der Waals surface area contributed by atoms with E-state index in [2.05, 4.69) is 4.72 Å². The largest absolute Gasteiger partial charge is 0.349 e. The Bertz CT molecular complexity index is 522. The smallest absolute Gasteiger partial charge is 0.242 e. The standard InChI is InChI=1S/C13H26N4O2S/c1-5-6-17-10-13(7-12(17)8-14)20(18,19)15-11(2)9-16(3)4/h7,10-11,15H,5-6,8-9,14H2,1-4H3. The summed E-state index contributed by atoms with van der Waals surface area (Å²) in [4.78, 5) is 2.23. The molecule has 0 saturated heterocycles. The van der Waals surface area contributed by atoms with Gasteiger partial charge in [0.25, 0.3) is 0 Å². The van der Waals surface area contributed by atoms with Crippen molar-refractivity contribution in [3.8, 4) is 0 Å². The molecule has 1 aromatic rings. The summed E-state index contributed by atoms with van der Waals surface area (Å²) in [5.41, 5.74) is 6.50. The molecule has 7 heteroatoms. The van der Waals surface area contributed by atoms with Crippen LogP contribution in [0.25, 0.3) is 0 Å². The molecule has 1 atom stereocenters. The molecule has 1 rings (SSSR count). The molecule has 6 nitrogen and oxygen atoms in total. The number of sulfonamides is 1. The molecular weight excluding hydrogens is 276 g/mol. The second-order valence-corrected chi connectivity index (χ2v) is 7.06. The van der Waals surface area contributed by atoms with Crippen molar-refractivity contribution in [1.82, 2.24) is 14.2 Å². The first-order valence-corrected chi connectivity index (χ1v) is 8.34. The van der Waals surface area contributed by atoms with Crippen LogP contribution >= 0.6 is 0 Å². The summed E-state index contributed by atoms with van der Waals surface area (Å²) in [6.45, 7) is 5.66. The highest BCUT2D eigenvalue weighted by atomic mass is 32.2. The Kier molecular flexibility index (Phi) is 6.19. The average molecular weight is 302 g/mol. The molecule has 1 unspecified atom stereocenters. The van der Waals surface area contributed by atoms with E-state index in [4.69, 9.17) is 5.73 Å². The van der Waals surface area contributed by atoms with Crippen LogP contribution in [0.4, 0.5) is 0 Å². The number of hydrogen-bond donors (Lipinski definition) is 2. The van der Waals surface area contributed by atoms with E-state index in [-0.39, 0.29) is 10.9 Å². The molecule has 116 valence electrons. The van der Waals surface area contributed by atoms with E-state index in [1.165, 1.54) is 0 Å². The number of likely N-dealkylation sites (N-methyl/N-ethyl adjacent to an activating group) is 1. The lowest BCUT2D eigenvalue weighted by Crippen LogP contribution is -2.39. The molecule has 0 fully saturated rings. The minimum Gasteiger partial charge on any atom is -0.349 e. The zero-order valence-corrected chi connectivity index (χ0v) is 13.6. The molecule has 0 aromatic carbocycles. The van der Waals surface area contributed by atoms with Gasteiger partial charge >= 0.3 is 0 Å². The first kappa shape index (κ1) is 17.2. The van der Waals surface area contributed by atoms with E-state index in [9.17, 15) is 8.42 Å². The highest BCUT2D eigenvalue weighted by Crippen LogP contribution is 2.15. The van der Waals surface area contributed by atoms with E-state index >= 15 is 0 Å². The highest BCUT2D eigenvalue weighted by molar-refractivity contribution is 7.89. The Hall–Kier alpha value is -0.890. The minimum atomic E-state index is -3.49. The molecule has 3 N–H and O–H groups in total. The zero-order chi connectivity index (χ0) is 15.3. The van der Waals surface area contributed by atoms with Crippen LogP contribution in [-0.4, -0.2) is 44.6 Å². The van der Waals surface area contributed by atoms with E-state index in [0.29, 0.717) is 13.1 Å². The Labute approximate surface area is 122 Å². The van der Waals surface area contributed by atoms with Crippen LogP contribution in [0.3, 0.4) is 0 Å². The number of nitrogens with zero attached hydrogens (tertiary/aromatic N) is 2. The molecule has 0 saturated carbocycles. The Morgan fingerprint density at radius 3 is 2.60 bits per heavy atom. The van der Waals surface area contributed by atoms with Crippen LogP contribution in [0, 0.1) is 0 Å². The van der Waals surface area contributed by atoms with Gasteiger partial charge in [-0.1, -0.05) is 6.92 Å². The van der Waals surface area contributed by atoms with Gasteiger partial charge in [0.05, 0.1) is 4.90 Å². The molecule has 0 radical (unpaired) electrons. The number of hydrogen-bond acceptors (Lipinski definition) is 4. The first-order chi connectivity index (χ1) is 9.30. The second kappa shape index (κ2) is 7.21. The topological polar surface area (TPSA) is 80.4 Å². The Balaban J connectivity index is 2.92. The summed E-state index contributed by atoms with van der Waals surface area (Å²) in [6.07, 6.45) is 2.60. The van der Waals surface area contributed by atoms with E-state index < -0.39 is 10.0 Å². The lowest BCUT2D eigenvalue weighted by Gasteiger charge is -2.17. The van der Waals surface area contributed by atoms with Gasteiger partial charge in [-0.15, -0.1) is 0 Å². The lowest BCUT2D eigenvalue weighted by molar-refractivity contribution is 0.370. The quantitative estimate of drug-likeness (QED) is 0.736. The number of aromatic nitrogens is 1. The normalized spacial score (nSPS) is 13.9. The summed E-state index contributed by atoms with van der Waals surface area (Å²) in [6, 6.07) is 1.51. The van der Waals surface area contributed by atoms with Gasteiger partial charge in [0.15, 0.2) is 0 Å². The number of nitrogens with two attached hydrogens (primary N) is 1. The summed E-state index contributed by atoms with van der Waals surface area (Å²) in [5.74, 6) is 0. The molecule has 1 aromatic heterocycles. The molecule has 1 heterocycles. The van der Waals surface area contributed by atoms with Crippen LogP contribution in [-0.2, 0) is 23.1 Å². The maximum Gasteiger partial charge on any atom is 0.242 e. The van der Waals surface area contributed by atoms with Crippen LogP contribution in [0.5, 0.6) is 0 Å². The van der Waals surface area contributed by atoms with Crippen LogP contribution in [0.15, 0.2) is 17.2 Å². The molecule has 0 aliphatic heterocycles. The summed E-state index contributed by atoms with van der Waals surface area (Å²) >= 11 is 0. The van der Waals surface area contributed by atoms with Gasteiger partial charge in [-0.25, -0.2) is 13.1 Å². The fourth-order valence-electron chi connectivity index (χ4n) is 2.21. The van der Waals surface area contributed by atoms with E-state index in [0.717, 1.165) is 18.7 Å². The highest BCUT2D eigenvalue weighted by Gasteiger charge is 2.20. The number of nitrogens with one attached hydrogen (secondary N) is 1. The summed E-state index contributed by atoms with van der Waals surface area (Å²) in [7, 11) is 0.335. The van der Waals surface area contributed by atoms with Crippen molar-refractivity contribution in [1.29, 1.82) is 0 Å². The van der Waals surface area contributed by atoms with Crippen LogP contribution in [0.2, 0.25) is 0 Å². The van der Waals surface area contributed by atoms with Gasteiger partial charge in [0.1, 0.15) is 0 Å². The summed E-state index contributed by atoms with van der Waals surface area (Å²) in [5, 5.41) is 0. The van der Waals surface area contributed by atoms with Crippen molar-refractivity contribution in [2.24, 2.45) is 5.73 Å². The molecule has 0 spiro atoms. The van der Waals surface area contributed by atoms with Gasteiger partial charge in [-0.05, 0) is 33.5 Å². The third-order valence-electron chi connectivity index (χ3n) is 2.94. The SMILES string of the molecule is CCCn1cc(S(=O)(=O)NC(C)CN(C)C)cc1CN. The molecule has 0 amide bonds. The Morgan fingerprint density at radius 2 is 2.10 bits per heavy atom. The average Bonchev–Trinajstić information content (AvgIpc) is 2.71. The predicted molar refractivity (Wildman–Crippen MR) is 81.0 cm³/mol. The van der Waals surface area contributed by atoms with Crippen molar-refractivity contribution < 1.29 is 8.42 Å². The number of rotatable bonds is 8. The second-order valence-electron chi connectivity index (χ2n) is 5.35. The van der Waals surface area contributed by atoms with Gasteiger partial charge in [0, 0.05) is 37.6 Å². The van der Waals surface area contributed by atoms with Crippen molar-refractivity contribution in [2.45, 2.75) is 44.3 Å².